The number of aliphatic hydroxyl groups is 1. The fourth-order valence-corrected chi connectivity index (χ4v) is 1.24. The van der Waals surface area contributed by atoms with Gasteiger partial charge < -0.3 is 21.1 Å². The van der Waals surface area contributed by atoms with Gasteiger partial charge in [-0.2, -0.15) is 0 Å². The molecule has 1 aromatic rings. The molecule has 5 heteroatoms. The van der Waals surface area contributed by atoms with E-state index in [0.717, 1.165) is 0 Å². The summed E-state index contributed by atoms with van der Waals surface area (Å²) < 4.78 is 0. The minimum absolute atomic E-state index is 0.141. The molecule has 0 atom stereocenters. The third-order valence-electron chi connectivity index (χ3n) is 1.93. The van der Waals surface area contributed by atoms with Gasteiger partial charge in [0.25, 0.3) is 0 Å². The molecule has 0 bridgehead atoms. The van der Waals surface area contributed by atoms with Gasteiger partial charge in [0.05, 0.1) is 13.0 Å². The SMILES string of the molecule is Nc1ccc(O)c(CO)c1CC(=O)O. The average molecular weight is 197 g/mol. The van der Waals surface area contributed by atoms with E-state index in [2.05, 4.69) is 0 Å². The van der Waals surface area contributed by atoms with Crippen LogP contribution in [0.3, 0.4) is 0 Å². The Kier molecular flexibility index (Phi) is 2.93. The van der Waals surface area contributed by atoms with Crippen LogP contribution in [-0.4, -0.2) is 21.3 Å². The van der Waals surface area contributed by atoms with E-state index < -0.39 is 12.6 Å². The number of benzene rings is 1. The Bertz CT molecular complexity index is 362. The fraction of sp³-hybridized carbons (Fsp3) is 0.222. The number of aliphatic carboxylic acids is 1. The van der Waals surface area contributed by atoms with Crippen LogP contribution in [0.25, 0.3) is 0 Å². The molecule has 0 aliphatic carbocycles. The molecule has 0 amide bonds. The van der Waals surface area contributed by atoms with Crippen molar-refractivity contribution in [2.75, 3.05) is 5.73 Å². The molecule has 0 aliphatic heterocycles. The smallest absolute Gasteiger partial charge is 0.307 e. The molecule has 0 radical (unpaired) electrons. The molecule has 0 aliphatic rings. The number of carbonyl (C=O) groups is 1. The summed E-state index contributed by atoms with van der Waals surface area (Å²) in [4.78, 5) is 10.5. The largest absolute Gasteiger partial charge is 0.508 e. The van der Waals surface area contributed by atoms with Gasteiger partial charge >= 0.3 is 5.97 Å². The quantitative estimate of drug-likeness (QED) is 0.406. The monoisotopic (exact) mass is 197 g/mol. The van der Waals surface area contributed by atoms with E-state index >= 15 is 0 Å². The number of aliphatic hydroxyl groups excluding tert-OH is 1. The lowest BCUT2D eigenvalue weighted by atomic mass is 10.0. The third kappa shape index (κ3) is 1.94. The molecule has 1 rings (SSSR count). The van der Waals surface area contributed by atoms with E-state index in [1.165, 1.54) is 12.1 Å². The van der Waals surface area contributed by atoms with Gasteiger partial charge in [0.1, 0.15) is 5.75 Å². The highest BCUT2D eigenvalue weighted by molar-refractivity contribution is 5.74. The molecule has 0 unspecified atom stereocenters. The summed E-state index contributed by atoms with van der Waals surface area (Å²) in [7, 11) is 0. The Hall–Kier alpha value is -1.75. The van der Waals surface area contributed by atoms with Crippen LogP contribution < -0.4 is 5.73 Å². The van der Waals surface area contributed by atoms with Crippen LogP contribution in [0.15, 0.2) is 12.1 Å². The Balaban J connectivity index is 3.22. The van der Waals surface area contributed by atoms with E-state index in [0.29, 0.717) is 0 Å². The van der Waals surface area contributed by atoms with Gasteiger partial charge in [-0.3, -0.25) is 4.79 Å². The summed E-state index contributed by atoms with van der Waals surface area (Å²) in [5.41, 5.74) is 6.22. The van der Waals surface area contributed by atoms with Crippen molar-refractivity contribution in [2.24, 2.45) is 0 Å². The zero-order chi connectivity index (χ0) is 10.7. The number of aromatic hydroxyl groups is 1. The maximum atomic E-state index is 10.5. The van der Waals surface area contributed by atoms with Crippen LogP contribution in [0.4, 0.5) is 5.69 Å². The number of anilines is 1. The number of phenols is 1. The van der Waals surface area contributed by atoms with Crippen LogP contribution in [0.5, 0.6) is 5.75 Å². The Morgan fingerprint density at radius 3 is 2.50 bits per heavy atom. The lowest BCUT2D eigenvalue weighted by Gasteiger charge is -2.10. The van der Waals surface area contributed by atoms with E-state index in [1.54, 1.807) is 0 Å². The van der Waals surface area contributed by atoms with Gasteiger partial charge in [0.2, 0.25) is 0 Å². The van der Waals surface area contributed by atoms with Crippen molar-refractivity contribution in [1.29, 1.82) is 0 Å². The predicted molar refractivity (Wildman–Crippen MR) is 49.8 cm³/mol. The number of rotatable bonds is 3. The van der Waals surface area contributed by atoms with Crippen molar-refractivity contribution in [1.82, 2.24) is 0 Å². The number of hydrogen-bond donors (Lipinski definition) is 4. The second-order valence-electron chi connectivity index (χ2n) is 2.86. The Labute approximate surface area is 80.4 Å². The van der Waals surface area contributed by atoms with Crippen LogP contribution in [-0.2, 0) is 17.8 Å². The number of hydrogen-bond acceptors (Lipinski definition) is 4. The second-order valence-corrected chi connectivity index (χ2v) is 2.86. The van der Waals surface area contributed by atoms with Crippen LogP contribution in [0, 0.1) is 0 Å². The van der Waals surface area contributed by atoms with E-state index in [4.69, 9.17) is 15.9 Å². The normalized spacial score (nSPS) is 10.1. The third-order valence-corrected chi connectivity index (χ3v) is 1.93. The molecular weight excluding hydrogens is 186 g/mol. The van der Waals surface area contributed by atoms with Gasteiger partial charge in [-0.1, -0.05) is 0 Å². The van der Waals surface area contributed by atoms with Crippen molar-refractivity contribution in [2.45, 2.75) is 13.0 Å². The zero-order valence-electron chi connectivity index (χ0n) is 7.40. The first-order chi connectivity index (χ1) is 6.56. The zero-order valence-corrected chi connectivity index (χ0v) is 7.40. The minimum atomic E-state index is -1.06. The van der Waals surface area contributed by atoms with E-state index in [9.17, 15) is 9.90 Å². The van der Waals surface area contributed by atoms with Gasteiger partial charge in [0, 0.05) is 11.3 Å². The predicted octanol–water partition coefficient (Wildman–Crippen LogP) is 0.0938. The molecular formula is C9H11NO4. The fourth-order valence-electron chi connectivity index (χ4n) is 1.24. The molecule has 0 saturated carbocycles. The van der Waals surface area contributed by atoms with Gasteiger partial charge in [-0.25, -0.2) is 0 Å². The molecule has 0 spiro atoms. The summed E-state index contributed by atoms with van der Waals surface area (Å²) in [6.07, 6.45) is -0.309. The lowest BCUT2D eigenvalue weighted by Crippen LogP contribution is -2.07. The molecule has 0 heterocycles. The van der Waals surface area contributed by atoms with Crippen LogP contribution >= 0.6 is 0 Å². The van der Waals surface area contributed by atoms with Crippen molar-refractivity contribution >= 4 is 11.7 Å². The first-order valence-electron chi connectivity index (χ1n) is 3.98. The molecule has 5 N–H and O–H groups in total. The van der Waals surface area contributed by atoms with Gasteiger partial charge in [-0.15, -0.1) is 0 Å². The van der Waals surface area contributed by atoms with Gasteiger partial charge in [0.15, 0.2) is 0 Å². The molecule has 0 saturated heterocycles. The number of carboxylic acid groups (broad SMARTS) is 1. The highest BCUT2D eigenvalue weighted by Crippen LogP contribution is 2.26. The summed E-state index contributed by atoms with van der Waals surface area (Å²) in [6.45, 7) is -0.431. The number of nitrogens with two attached hydrogens (primary N) is 1. The van der Waals surface area contributed by atoms with Crippen LogP contribution in [0.1, 0.15) is 11.1 Å². The van der Waals surface area contributed by atoms with Crippen molar-refractivity contribution < 1.29 is 20.1 Å². The second kappa shape index (κ2) is 3.97. The van der Waals surface area contributed by atoms with E-state index in [-0.39, 0.29) is 29.0 Å². The highest BCUT2D eigenvalue weighted by atomic mass is 16.4. The standard InChI is InChI=1S/C9H11NO4/c10-7-1-2-8(12)6(4-11)5(7)3-9(13)14/h1-2,11-12H,3-4,10H2,(H,13,14). The Morgan fingerprint density at radius 1 is 1.36 bits per heavy atom. The average Bonchev–Trinajstić information content (AvgIpc) is 2.11. The summed E-state index contributed by atoms with van der Waals surface area (Å²) in [5.74, 6) is -1.20. The Morgan fingerprint density at radius 2 is 2.00 bits per heavy atom. The summed E-state index contributed by atoms with van der Waals surface area (Å²) in [6, 6.07) is 2.74. The molecule has 1 aromatic carbocycles. The highest BCUT2D eigenvalue weighted by Gasteiger charge is 2.13. The van der Waals surface area contributed by atoms with Crippen molar-refractivity contribution in [3.05, 3.63) is 23.3 Å². The number of carboxylic acids is 1. The van der Waals surface area contributed by atoms with Crippen LogP contribution in [0.2, 0.25) is 0 Å². The minimum Gasteiger partial charge on any atom is -0.508 e. The van der Waals surface area contributed by atoms with Crippen molar-refractivity contribution in [3.63, 3.8) is 0 Å². The maximum absolute atomic E-state index is 10.5. The molecule has 14 heavy (non-hydrogen) atoms. The van der Waals surface area contributed by atoms with E-state index in [1.807, 2.05) is 0 Å². The molecule has 0 aromatic heterocycles. The molecule has 5 nitrogen and oxygen atoms in total. The molecule has 0 fully saturated rings. The first-order valence-corrected chi connectivity index (χ1v) is 3.98. The topological polar surface area (TPSA) is 104 Å². The maximum Gasteiger partial charge on any atom is 0.307 e. The molecule has 76 valence electrons. The van der Waals surface area contributed by atoms with Gasteiger partial charge in [-0.05, 0) is 17.7 Å². The van der Waals surface area contributed by atoms with Crippen molar-refractivity contribution in [3.8, 4) is 5.75 Å². The number of nitrogen functional groups attached to an aromatic ring is 1. The first kappa shape index (κ1) is 10.3. The summed E-state index contributed by atoms with van der Waals surface area (Å²) >= 11 is 0. The summed E-state index contributed by atoms with van der Waals surface area (Å²) in [5, 5.41) is 26.8. The lowest BCUT2D eigenvalue weighted by molar-refractivity contribution is -0.136.